The van der Waals surface area contributed by atoms with Gasteiger partial charge in [-0.25, -0.2) is 4.98 Å². The molecule has 2 N–H and O–H groups in total. The Hall–Kier alpha value is -4.12. The van der Waals surface area contributed by atoms with Gasteiger partial charge in [0.25, 0.3) is 0 Å². The van der Waals surface area contributed by atoms with Crippen LogP contribution in [0.5, 0.6) is 11.5 Å². The highest BCUT2D eigenvalue weighted by Gasteiger charge is 2.30. The molecule has 1 atom stereocenters. The standard InChI is InChI=1S/C24H22F3N3O5/c1-15(31)34-20-7-8-21(35-16(2)32)18(11-20)6-9-23(33)29-22-13-30(14-28-22)12-17-4-3-5-19(10-17)24(25,26)27/h3-11,13-14,23,29,33H,12H2,1-2H3/b9-6+. The SMILES string of the molecule is CC(=O)Oc1ccc(OC(C)=O)c(/C=C/C(O)Nc2cn(Cc3cccc(C(F)(F)F)c3)cn2)c1. The Balaban J connectivity index is 1.68. The lowest BCUT2D eigenvalue weighted by Crippen LogP contribution is -2.15. The van der Waals surface area contributed by atoms with E-state index in [1.807, 2.05) is 0 Å². The number of carbonyl (C=O) groups excluding carboxylic acids is 2. The van der Waals surface area contributed by atoms with Crippen LogP contribution in [0.15, 0.2) is 61.1 Å². The van der Waals surface area contributed by atoms with Gasteiger partial charge in [-0.1, -0.05) is 18.2 Å². The molecule has 0 saturated heterocycles. The molecule has 0 radical (unpaired) electrons. The highest BCUT2D eigenvalue weighted by molar-refractivity contribution is 5.73. The first-order valence-corrected chi connectivity index (χ1v) is 10.3. The second-order valence-corrected chi connectivity index (χ2v) is 7.46. The second-order valence-electron chi connectivity index (χ2n) is 7.46. The third kappa shape index (κ3) is 7.71. The number of aliphatic hydroxyl groups excluding tert-OH is 1. The van der Waals surface area contributed by atoms with Crippen molar-refractivity contribution in [1.29, 1.82) is 0 Å². The summed E-state index contributed by atoms with van der Waals surface area (Å²) in [5, 5.41) is 13.0. The van der Waals surface area contributed by atoms with Crippen LogP contribution in [0.1, 0.15) is 30.5 Å². The maximum atomic E-state index is 12.9. The molecule has 1 aromatic heterocycles. The number of rotatable bonds is 8. The lowest BCUT2D eigenvalue weighted by molar-refractivity contribution is -0.137. The van der Waals surface area contributed by atoms with Crippen molar-refractivity contribution in [3.8, 4) is 11.5 Å². The van der Waals surface area contributed by atoms with Gasteiger partial charge in [0.05, 0.1) is 11.9 Å². The fourth-order valence-corrected chi connectivity index (χ4v) is 3.11. The molecule has 1 unspecified atom stereocenters. The van der Waals surface area contributed by atoms with Gasteiger partial charge in [-0.05, 0) is 42.0 Å². The number of imidazole rings is 1. The van der Waals surface area contributed by atoms with E-state index in [9.17, 15) is 27.9 Å². The fraction of sp³-hybridized carbons (Fsp3) is 0.208. The Kier molecular flexibility index (Phi) is 7.92. The Morgan fingerprint density at radius 3 is 2.57 bits per heavy atom. The van der Waals surface area contributed by atoms with Crippen molar-refractivity contribution in [2.75, 3.05) is 5.32 Å². The van der Waals surface area contributed by atoms with Crippen LogP contribution in [0.25, 0.3) is 6.08 Å². The van der Waals surface area contributed by atoms with Crippen LogP contribution in [0.4, 0.5) is 19.0 Å². The van der Waals surface area contributed by atoms with Crippen LogP contribution in [-0.4, -0.2) is 32.8 Å². The first-order valence-electron chi connectivity index (χ1n) is 10.3. The Morgan fingerprint density at radius 1 is 1.14 bits per heavy atom. The molecule has 8 nitrogen and oxygen atoms in total. The van der Waals surface area contributed by atoms with Gasteiger partial charge in [0.2, 0.25) is 0 Å². The smallest absolute Gasteiger partial charge is 0.416 e. The molecule has 184 valence electrons. The van der Waals surface area contributed by atoms with Crippen LogP contribution >= 0.6 is 0 Å². The average molecular weight is 489 g/mol. The van der Waals surface area contributed by atoms with E-state index in [1.165, 1.54) is 62.8 Å². The quantitative estimate of drug-likeness (QED) is 0.277. The number of nitrogens with one attached hydrogen (secondary N) is 1. The third-order valence-electron chi connectivity index (χ3n) is 4.50. The number of ether oxygens (including phenoxy) is 2. The zero-order valence-electron chi connectivity index (χ0n) is 18.7. The molecule has 0 saturated carbocycles. The number of halogens is 3. The highest BCUT2D eigenvalue weighted by Crippen LogP contribution is 2.30. The van der Waals surface area contributed by atoms with E-state index in [2.05, 4.69) is 10.3 Å². The summed E-state index contributed by atoms with van der Waals surface area (Å²) >= 11 is 0. The third-order valence-corrected chi connectivity index (χ3v) is 4.50. The van der Waals surface area contributed by atoms with Crippen molar-refractivity contribution < 1.29 is 37.3 Å². The Labute approximate surface area is 198 Å². The van der Waals surface area contributed by atoms with Crippen LogP contribution in [0.3, 0.4) is 0 Å². The molecule has 0 fully saturated rings. The minimum absolute atomic E-state index is 0.152. The van der Waals surface area contributed by atoms with Gasteiger partial charge < -0.3 is 24.5 Å². The molecule has 0 spiro atoms. The van der Waals surface area contributed by atoms with E-state index in [0.717, 1.165) is 12.1 Å². The predicted molar refractivity (Wildman–Crippen MR) is 120 cm³/mol. The molecule has 3 rings (SSSR count). The number of aliphatic hydroxyl groups is 1. The van der Waals surface area contributed by atoms with Crippen molar-refractivity contribution >= 4 is 23.8 Å². The number of esters is 2. The first-order chi connectivity index (χ1) is 16.5. The minimum atomic E-state index is -4.43. The number of anilines is 1. The topological polar surface area (TPSA) is 103 Å². The Bertz CT molecular complexity index is 1240. The van der Waals surface area contributed by atoms with E-state index >= 15 is 0 Å². The lowest BCUT2D eigenvalue weighted by atomic mass is 10.1. The van der Waals surface area contributed by atoms with Crippen molar-refractivity contribution in [2.24, 2.45) is 0 Å². The first kappa shape index (κ1) is 25.5. The number of hydrogen-bond donors (Lipinski definition) is 2. The van der Waals surface area contributed by atoms with Gasteiger partial charge in [-0.2, -0.15) is 13.2 Å². The zero-order valence-corrected chi connectivity index (χ0v) is 18.7. The molecule has 3 aromatic rings. The maximum Gasteiger partial charge on any atom is 0.416 e. The average Bonchev–Trinajstić information content (AvgIpc) is 3.19. The predicted octanol–water partition coefficient (Wildman–Crippen LogP) is 4.24. The summed E-state index contributed by atoms with van der Waals surface area (Å²) in [7, 11) is 0. The van der Waals surface area contributed by atoms with Crippen LogP contribution < -0.4 is 14.8 Å². The molecule has 0 amide bonds. The summed E-state index contributed by atoms with van der Waals surface area (Å²) in [6.07, 6.45) is 0.119. The van der Waals surface area contributed by atoms with Gasteiger partial charge in [-0.15, -0.1) is 0 Å². The van der Waals surface area contributed by atoms with Crippen LogP contribution in [-0.2, 0) is 22.3 Å². The second kappa shape index (κ2) is 10.9. The molecule has 2 aromatic carbocycles. The number of carbonyl (C=O) groups is 2. The molecular weight excluding hydrogens is 467 g/mol. The van der Waals surface area contributed by atoms with Crippen molar-refractivity contribution in [1.82, 2.24) is 9.55 Å². The summed E-state index contributed by atoms with van der Waals surface area (Å²) in [6.45, 7) is 2.63. The molecule has 0 bridgehead atoms. The Morgan fingerprint density at radius 2 is 1.89 bits per heavy atom. The molecule has 1 heterocycles. The number of alkyl halides is 3. The fourth-order valence-electron chi connectivity index (χ4n) is 3.11. The lowest BCUT2D eigenvalue weighted by Gasteiger charge is -2.10. The van der Waals surface area contributed by atoms with E-state index < -0.39 is 29.9 Å². The summed E-state index contributed by atoms with van der Waals surface area (Å²) in [5.41, 5.74) is 0.0738. The van der Waals surface area contributed by atoms with Gasteiger partial charge >= 0.3 is 18.1 Å². The van der Waals surface area contributed by atoms with E-state index in [-0.39, 0.29) is 23.9 Å². The van der Waals surface area contributed by atoms with E-state index in [0.29, 0.717) is 11.1 Å². The van der Waals surface area contributed by atoms with E-state index in [4.69, 9.17) is 9.47 Å². The van der Waals surface area contributed by atoms with Gasteiger partial charge in [-0.3, -0.25) is 9.59 Å². The summed E-state index contributed by atoms with van der Waals surface area (Å²) in [6, 6.07) is 9.36. The number of benzene rings is 2. The molecule has 0 aliphatic heterocycles. The minimum Gasteiger partial charge on any atom is -0.427 e. The number of nitrogens with zero attached hydrogens (tertiary/aromatic N) is 2. The summed E-state index contributed by atoms with van der Waals surface area (Å²) in [4.78, 5) is 26.6. The molecular formula is C24H22F3N3O5. The van der Waals surface area contributed by atoms with Gasteiger partial charge in [0.1, 0.15) is 23.5 Å². The van der Waals surface area contributed by atoms with Gasteiger partial charge in [0, 0.05) is 32.2 Å². The van der Waals surface area contributed by atoms with Crippen molar-refractivity contribution in [3.05, 3.63) is 77.8 Å². The molecule has 35 heavy (non-hydrogen) atoms. The number of aromatic nitrogens is 2. The van der Waals surface area contributed by atoms with Crippen molar-refractivity contribution in [3.63, 3.8) is 0 Å². The van der Waals surface area contributed by atoms with Crippen molar-refractivity contribution in [2.45, 2.75) is 32.8 Å². The molecule has 11 heteroatoms. The monoisotopic (exact) mass is 489 g/mol. The maximum absolute atomic E-state index is 12.9. The zero-order chi connectivity index (χ0) is 25.6. The van der Waals surface area contributed by atoms with Crippen LogP contribution in [0, 0.1) is 0 Å². The van der Waals surface area contributed by atoms with Crippen LogP contribution in [0.2, 0.25) is 0 Å². The summed E-state index contributed by atoms with van der Waals surface area (Å²) in [5.74, 6) is -0.374. The highest BCUT2D eigenvalue weighted by atomic mass is 19.4. The van der Waals surface area contributed by atoms with Gasteiger partial charge in [0.15, 0.2) is 0 Å². The molecule has 0 aliphatic carbocycles. The normalized spacial score (nSPS) is 12.4. The molecule has 0 aliphatic rings. The largest absolute Gasteiger partial charge is 0.427 e. The summed E-state index contributed by atoms with van der Waals surface area (Å²) < 4.78 is 50.4. The van der Waals surface area contributed by atoms with E-state index in [1.54, 1.807) is 10.6 Å². The number of hydrogen-bond acceptors (Lipinski definition) is 7.